The molecule has 0 atom stereocenters. The van der Waals surface area contributed by atoms with Crippen LogP contribution >= 0.6 is 34.7 Å². The van der Waals surface area contributed by atoms with E-state index in [1.54, 1.807) is 12.1 Å². The van der Waals surface area contributed by atoms with Gasteiger partial charge in [0.1, 0.15) is 5.00 Å². The lowest BCUT2D eigenvalue weighted by Gasteiger charge is -2.25. The molecule has 2 heterocycles. The summed E-state index contributed by atoms with van der Waals surface area (Å²) in [7, 11) is 1.37. The summed E-state index contributed by atoms with van der Waals surface area (Å²) in [5.41, 5.74) is 1.52. The Balaban J connectivity index is 1.73. The van der Waals surface area contributed by atoms with Crippen molar-refractivity contribution < 1.29 is 14.3 Å². The zero-order chi connectivity index (χ0) is 19.4. The molecule has 2 aromatic rings. The summed E-state index contributed by atoms with van der Waals surface area (Å²) in [4.78, 5) is 29.2. The Kier molecular flexibility index (Phi) is 6.81. The standard InChI is InChI=1S/C19H21ClN2O3S2/c1-3-22-9-8-14-15(10-22)27-18(17(14)19(24)25-2)21-16(23)11-26-13-6-4-12(20)5-7-13/h4-7H,3,8-11H2,1-2H3,(H,21,23). The molecule has 1 aromatic carbocycles. The van der Waals surface area contributed by atoms with Crippen LogP contribution in [0.4, 0.5) is 5.00 Å². The lowest BCUT2D eigenvalue weighted by molar-refractivity contribution is -0.113. The van der Waals surface area contributed by atoms with Crippen molar-refractivity contribution in [3.8, 4) is 0 Å². The van der Waals surface area contributed by atoms with E-state index in [9.17, 15) is 9.59 Å². The number of rotatable bonds is 6. The van der Waals surface area contributed by atoms with Crippen molar-refractivity contribution >= 4 is 51.6 Å². The van der Waals surface area contributed by atoms with Gasteiger partial charge in [0.25, 0.3) is 0 Å². The van der Waals surface area contributed by atoms with Gasteiger partial charge >= 0.3 is 5.97 Å². The van der Waals surface area contributed by atoms with Crippen LogP contribution in [0.25, 0.3) is 0 Å². The Morgan fingerprint density at radius 1 is 1.33 bits per heavy atom. The number of thiophene rings is 1. The van der Waals surface area contributed by atoms with E-state index >= 15 is 0 Å². The second kappa shape index (κ2) is 9.10. The van der Waals surface area contributed by atoms with Crippen LogP contribution in [0.15, 0.2) is 29.2 Å². The van der Waals surface area contributed by atoms with Crippen molar-refractivity contribution in [1.82, 2.24) is 4.90 Å². The molecule has 0 saturated heterocycles. The fourth-order valence-electron chi connectivity index (χ4n) is 2.97. The molecule has 1 aliphatic rings. The van der Waals surface area contributed by atoms with Gasteiger partial charge in [-0.3, -0.25) is 9.69 Å². The number of ether oxygens (including phenoxy) is 1. The Labute approximate surface area is 172 Å². The number of halogens is 1. The Morgan fingerprint density at radius 3 is 2.74 bits per heavy atom. The molecule has 0 spiro atoms. The van der Waals surface area contributed by atoms with E-state index in [1.165, 1.54) is 30.2 Å². The van der Waals surface area contributed by atoms with Crippen molar-refractivity contribution in [2.45, 2.75) is 24.8 Å². The number of nitrogens with one attached hydrogen (secondary N) is 1. The van der Waals surface area contributed by atoms with Crippen LogP contribution in [0, 0.1) is 0 Å². The highest BCUT2D eigenvalue weighted by Crippen LogP contribution is 2.37. The third-order valence-corrected chi connectivity index (χ3v) is 6.81. The molecule has 0 bridgehead atoms. The van der Waals surface area contributed by atoms with Gasteiger partial charge in [0.15, 0.2) is 0 Å². The molecular weight excluding hydrogens is 404 g/mol. The molecule has 3 rings (SSSR count). The number of benzene rings is 1. The number of hydrogen-bond donors (Lipinski definition) is 1. The maximum Gasteiger partial charge on any atom is 0.341 e. The number of carbonyl (C=O) groups is 2. The molecule has 1 aliphatic heterocycles. The van der Waals surface area contributed by atoms with Gasteiger partial charge in [-0.05, 0) is 42.8 Å². The molecule has 0 saturated carbocycles. The number of methoxy groups -OCH3 is 1. The molecule has 144 valence electrons. The van der Waals surface area contributed by atoms with E-state index in [2.05, 4.69) is 17.1 Å². The van der Waals surface area contributed by atoms with Crippen molar-refractivity contribution in [2.75, 3.05) is 31.3 Å². The Morgan fingerprint density at radius 2 is 2.07 bits per heavy atom. The second-order valence-corrected chi connectivity index (χ2v) is 8.70. The van der Waals surface area contributed by atoms with E-state index in [-0.39, 0.29) is 11.7 Å². The number of likely N-dealkylation sites (N-methyl/N-ethyl adjacent to an activating group) is 1. The average Bonchev–Trinajstić information content (AvgIpc) is 3.03. The zero-order valence-electron chi connectivity index (χ0n) is 15.2. The quantitative estimate of drug-likeness (QED) is 0.553. The first-order valence-corrected chi connectivity index (χ1v) is 10.8. The fourth-order valence-corrected chi connectivity index (χ4v) is 5.09. The van der Waals surface area contributed by atoms with Crippen LogP contribution in [0.5, 0.6) is 0 Å². The summed E-state index contributed by atoms with van der Waals surface area (Å²) >= 11 is 8.78. The molecule has 1 amide bonds. The SMILES string of the molecule is CCN1CCc2c(sc(NC(=O)CSc3ccc(Cl)cc3)c2C(=O)OC)C1. The van der Waals surface area contributed by atoms with Crippen LogP contribution in [0.2, 0.25) is 5.02 Å². The topological polar surface area (TPSA) is 58.6 Å². The van der Waals surface area contributed by atoms with Crippen molar-refractivity contribution in [1.29, 1.82) is 0 Å². The predicted molar refractivity (Wildman–Crippen MR) is 111 cm³/mol. The number of thioether (sulfide) groups is 1. The molecule has 0 aliphatic carbocycles. The highest BCUT2D eigenvalue weighted by molar-refractivity contribution is 8.00. The average molecular weight is 425 g/mol. The molecule has 27 heavy (non-hydrogen) atoms. The molecule has 8 heteroatoms. The van der Waals surface area contributed by atoms with E-state index < -0.39 is 5.97 Å². The molecule has 0 radical (unpaired) electrons. The number of amides is 1. The van der Waals surface area contributed by atoms with E-state index in [4.69, 9.17) is 16.3 Å². The van der Waals surface area contributed by atoms with Gasteiger partial charge in [0, 0.05) is 27.9 Å². The molecule has 1 aromatic heterocycles. The number of anilines is 1. The number of nitrogens with zero attached hydrogens (tertiary/aromatic N) is 1. The smallest absolute Gasteiger partial charge is 0.341 e. The minimum atomic E-state index is -0.391. The van der Waals surface area contributed by atoms with Gasteiger partial charge in [0.05, 0.1) is 18.4 Å². The van der Waals surface area contributed by atoms with Crippen LogP contribution in [-0.4, -0.2) is 42.7 Å². The normalized spacial score (nSPS) is 13.9. The summed E-state index contributed by atoms with van der Waals surface area (Å²) in [6.45, 7) is 4.79. The maximum atomic E-state index is 12.4. The van der Waals surface area contributed by atoms with Crippen molar-refractivity contribution in [3.63, 3.8) is 0 Å². The minimum absolute atomic E-state index is 0.147. The minimum Gasteiger partial charge on any atom is -0.465 e. The van der Waals surface area contributed by atoms with E-state index in [0.717, 1.165) is 41.4 Å². The monoisotopic (exact) mass is 424 g/mol. The molecule has 0 fully saturated rings. The summed E-state index contributed by atoms with van der Waals surface area (Å²) in [5.74, 6) is -0.282. The molecule has 0 unspecified atom stereocenters. The van der Waals surface area contributed by atoms with Crippen LogP contribution in [0.1, 0.15) is 27.7 Å². The van der Waals surface area contributed by atoms with Gasteiger partial charge in [-0.2, -0.15) is 0 Å². The largest absolute Gasteiger partial charge is 0.465 e. The van der Waals surface area contributed by atoms with Gasteiger partial charge < -0.3 is 10.1 Å². The number of fused-ring (bicyclic) bond motifs is 1. The first-order valence-electron chi connectivity index (χ1n) is 8.65. The number of carbonyl (C=O) groups excluding carboxylic acids is 2. The Hall–Kier alpha value is -1.54. The first kappa shape index (κ1) is 20.2. The highest BCUT2D eigenvalue weighted by Gasteiger charge is 2.28. The molecule has 5 nitrogen and oxygen atoms in total. The third kappa shape index (κ3) is 4.85. The summed E-state index contributed by atoms with van der Waals surface area (Å²) in [6.07, 6.45) is 0.791. The van der Waals surface area contributed by atoms with Gasteiger partial charge in [0.2, 0.25) is 5.91 Å². The maximum absolute atomic E-state index is 12.4. The number of hydrogen-bond acceptors (Lipinski definition) is 6. The van der Waals surface area contributed by atoms with Crippen LogP contribution in [0.3, 0.4) is 0 Å². The van der Waals surface area contributed by atoms with Gasteiger partial charge in [-0.15, -0.1) is 23.1 Å². The lowest BCUT2D eigenvalue weighted by Crippen LogP contribution is -2.30. The second-order valence-electron chi connectivity index (χ2n) is 6.11. The lowest BCUT2D eigenvalue weighted by atomic mass is 10.0. The van der Waals surface area contributed by atoms with Crippen molar-refractivity contribution in [2.24, 2.45) is 0 Å². The van der Waals surface area contributed by atoms with Crippen molar-refractivity contribution in [3.05, 3.63) is 45.3 Å². The highest BCUT2D eigenvalue weighted by atomic mass is 35.5. The van der Waals surface area contributed by atoms with Gasteiger partial charge in [-0.1, -0.05) is 18.5 Å². The first-order chi connectivity index (χ1) is 13.0. The van der Waals surface area contributed by atoms with Gasteiger partial charge in [-0.25, -0.2) is 4.79 Å². The van der Waals surface area contributed by atoms with Crippen LogP contribution < -0.4 is 5.32 Å². The van der Waals surface area contributed by atoms with E-state index in [0.29, 0.717) is 15.6 Å². The summed E-state index contributed by atoms with van der Waals surface area (Å²) < 4.78 is 4.96. The number of esters is 1. The predicted octanol–water partition coefficient (Wildman–Crippen LogP) is 4.30. The molecule has 1 N–H and O–H groups in total. The van der Waals surface area contributed by atoms with Crippen LogP contribution in [-0.2, 0) is 22.5 Å². The summed E-state index contributed by atoms with van der Waals surface area (Å²) in [6, 6.07) is 7.35. The summed E-state index contributed by atoms with van der Waals surface area (Å²) in [5, 5.41) is 4.16. The fraction of sp³-hybridized carbons (Fsp3) is 0.368. The zero-order valence-corrected chi connectivity index (χ0v) is 17.6. The van der Waals surface area contributed by atoms with E-state index in [1.807, 2.05) is 12.1 Å². The Bertz CT molecular complexity index is 836. The molecular formula is C19H21ClN2O3S2. The third-order valence-electron chi connectivity index (χ3n) is 4.41.